The van der Waals surface area contributed by atoms with Crippen LogP contribution in [-0.4, -0.2) is 45.5 Å². The number of aromatic amines is 1. The molecule has 0 aromatic carbocycles. The molecule has 0 atom stereocenters. The molecule has 27 heavy (non-hydrogen) atoms. The number of rotatable bonds is 4. The molecule has 2 aromatic heterocycles. The Morgan fingerprint density at radius 3 is 2.81 bits per heavy atom. The minimum Gasteiger partial charge on any atom is -0.455 e. The number of hydrogen-bond donors (Lipinski definition) is 1. The quantitative estimate of drug-likeness (QED) is 0.894. The van der Waals surface area contributed by atoms with Crippen molar-refractivity contribution in [3.63, 3.8) is 0 Å². The Hall–Kier alpha value is -2.08. The first-order chi connectivity index (χ1) is 13.0. The minimum atomic E-state index is -0.0185. The van der Waals surface area contributed by atoms with E-state index in [0.29, 0.717) is 24.8 Å². The standard InChI is InChI=1S/C21H30N4O2/c1-14(2)20-17-13-25(11-8-18(17)22-23-20)21(26)19-5-4-16(27-19)12-24-9-6-15(3)7-10-24/h4-5,14-15H,6-13H2,1-3H3,(H,22,23). The second-order valence-electron chi connectivity index (χ2n) is 8.42. The van der Waals surface area contributed by atoms with Crippen molar-refractivity contribution in [1.82, 2.24) is 20.0 Å². The van der Waals surface area contributed by atoms with E-state index in [0.717, 1.165) is 43.4 Å². The van der Waals surface area contributed by atoms with Gasteiger partial charge in [0.05, 0.1) is 12.2 Å². The van der Waals surface area contributed by atoms with Crippen LogP contribution in [0.2, 0.25) is 0 Å². The number of nitrogens with zero attached hydrogens (tertiary/aromatic N) is 3. The van der Waals surface area contributed by atoms with Gasteiger partial charge in [0, 0.05) is 30.8 Å². The summed E-state index contributed by atoms with van der Waals surface area (Å²) in [4.78, 5) is 17.3. The topological polar surface area (TPSA) is 65.4 Å². The van der Waals surface area contributed by atoms with Gasteiger partial charge in [-0.25, -0.2) is 0 Å². The number of furan rings is 1. The van der Waals surface area contributed by atoms with Gasteiger partial charge in [-0.3, -0.25) is 14.8 Å². The van der Waals surface area contributed by atoms with Crippen molar-refractivity contribution in [2.45, 2.75) is 59.0 Å². The van der Waals surface area contributed by atoms with E-state index in [2.05, 4.69) is 35.9 Å². The van der Waals surface area contributed by atoms with Gasteiger partial charge in [0.2, 0.25) is 0 Å². The number of nitrogens with one attached hydrogen (secondary N) is 1. The number of amides is 1. The monoisotopic (exact) mass is 370 g/mol. The molecule has 4 rings (SSSR count). The number of hydrogen-bond acceptors (Lipinski definition) is 4. The predicted molar refractivity (Wildman–Crippen MR) is 104 cm³/mol. The van der Waals surface area contributed by atoms with Crippen molar-refractivity contribution in [2.24, 2.45) is 5.92 Å². The zero-order valence-electron chi connectivity index (χ0n) is 16.6. The van der Waals surface area contributed by atoms with E-state index in [4.69, 9.17) is 4.42 Å². The Morgan fingerprint density at radius 2 is 2.07 bits per heavy atom. The number of piperidine rings is 1. The van der Waals surface area contributed by atoms with Crippen molar-refractivity contribution < 1.29 is 9.21 Å². The van der Waals surface area contributed by atoms with Gasteiger partial charge in [0.25, 0.3) is 5.91 Å². The lowest BCUT2D eigenvalue weighted by Crippen LogP contribution is -2.36. The second-order valence-corrected chi connectivity index (χ2v) is 8.42. The second kappa shape index (κ2) is 7.50. The number of H-pyrrole nitrogens is 1. The van der Waals surface area contributed by atoms with Gasteiger partial charge >= 0.3 is 0 Å². The highest BCUT2D eigenvalue weighted by molar-refractivity contribution is 5.91. The summed E-state index contributed by atoms with van der Waals surface area (Å²) in [5.74, 6) is 2.49. The molecule has 2 aliphatic heterocycles. The third-order valence-electron chi connectivity index (χ3n) is 5.93. The van der Waals surface area contributed by atoms with E-state index in [9.17, 15) is 4.79 Å². The van der Waals surface area contributed by atoms with Crippen LogP contribution in [0.25, 0.3) is 0 Å². The van der Waals surface area contributed by atoms with Crippen LogP contribution in [0.15, 0.2) is 16.5 Å². The van der Waals surface area contributed by atoms with Crippen LogP contribution in [0.3, 0.4) is 0 Å². The Bertz CT molecular complexity index is 799. The molecule has 2 aliphatic rings. The lowest BCUT2D eigenvalue weighted by molar-refractivity contribution is 0.0696. The van der Waals surface area contributed by atoms with Gasteiger partial charge in [0.15, 0.2) is 5.76 Å². The number of fused-ring (bicyclic) bond motifs is 1. The summed E-state index contributed by atoms with van der Waals surface area (Å²) in [6.07, 6.45) is 3.30. The molecule has 2 aromatic rings. The molecule has 1 fully saturated rings. The molecule has 0 unspecified atom stereocenters. The molecule has 146 valence electrons. The highest BCUT2D eigenvalue weighted by Crippen LogP contribution is 2.27. The molecular weight excluding hydrogens is 340 g/mol. The molecule has 0 spiro atoms. The van der Waals surface area contributed by atoms with Gasteiger partial charge in [-0.2, -0.15) is 5.10 Å². The van der Waals surface area contributed by atoms with Gasteiger partial charge < -0.3 is 9.32 Å². The molecule has 0 bridgehead atoms. The minimum absolute atomic E-state index is 0.0185. The third kappa shape index (κ3) is 3.81. The van der Waals surface area contributed by atoms with Crippen molar-refractivity contribution in [1.29, 1.82) is 0 Å². The average Bonchev–Trinajstić information content (AvgIpc) is 3.29. The van der Waals surface area contributed by atoms with Gasteiger partial charge in [0.1, 0.15) is 5.76 Å². The fraction of sp³-hybridized carbons (Fsp3) is 0.619. The SMILES string of the molecule is CC1CCN(Cc2ccc(C(=O)N3CCc4[nH]nc(C(C)C)c4C3)o2)CC1. The van der Waals surface area contributed by atoms with E-state index < -0.39 is 0 Å². The van der Waals surface area contributed by atoms with Crippen LogP contribution in [0.4, 0.5) is 0 Å². The summed E-state index contributed by atoms with van der Waals surface area (Å²) < 4.78 is 5.92. The van der Waals surface area contributed by atoms with Crippen molar-refractivity contribution >= 4 is 5.91 Å². The first kappa shape index (κ1) is 18.3. The molecule has 0 radical (unpaired) electrons. The number of likely N-dealkylation sites (tertiary alicyclic amines) is 1. The van der Waals surface area contributed by atoms with Crippen LogP contribution >= 0.6 is 0 Å². The maximum absolute atomic E-state index is 12.9. The van der Waals surface area contributed by atoms with Gasteiger partial charge in [-0.1, -0.05) is 20.8 Å². The van der Waals surface area contributed by atoms with Crippen molar-refractivity contribution in [3.05, 3.63) is 40.6 Å². The van der Waals surface area contributed by atoms with Crippen LogP contribution in [0, 0.1) is 5.92 Å². The molecule has 0 saturated carbocycles. The molecular formula is C21H30N4O2. The van der Waals surface area contributed by atoms with E-state index in [-0.39, 0.29) is 5.91 Å². The summed E-state index contributed by atoms with van der Waals surface area (Å²) in [5.41, 5.74) is 3.42. The van der Waals surface area contributed by atoms with Crippen molar-refractivity contribution in [2.75, 3.05) is 19.6 Å². The summed E-state index contributed by atoms with van der Waals surface area (Å²) in [6.45, 7) is 10.9. The molecule has 1 amide bonds. The number of carbonyl (C=O) groups excluding carboxylic acids is 1. The van der Waals surface area contributed by atoms with Crippen LogP contribution in [0.1, 0.15) is 72.8 Å². The highest BCUT2D eigenvalue weighted by Gasteiger charge is 2.28. The molecule has 1 saturated heterocycles. The highest BCUT2D eigenvalue weighted by atomic mass is 16.4. The first-order valence-corrected chi connectivity index (χ1v) is 10.2. The molecule has 1 N–H and O–H groups in total. The Kier molecular flexibility index (Phi) is 5.08. The maximum Gasteiger partial charge on any atom is 0.289 e. The lowest BCUT2D eigenvalue weighted by atomic mass is 9.99. The van der Waals surface area contributed by atoms with E-state index in [1.807, 2.05) is 17.0 Å². The zero-order chi connectivity index (χ0) is 19.0. The van der Waals surface area contributed by atoms with Crippen LogP contribution in [0.5, 0.6) is 0 Å². The summed E-state index contributed by atoms with van der Waals surface area (Å²) in [5, 5.41) is 7.59. The fourth-order valence-corrected chi connectivity index (χ4v) is 4.14. The van der Waals surface area contributed by atoms with Gasteiger partial charge in [-0.15, -0.1) is 0 Å². The summed E-state index contributed by atoms with van der Waals surface area (Å²) in [6, 6.07) is 3.79. The maximum atomic E-state index is 12.9. The predicted octanol–water partition coefficient (Wildman–Crippen LogP) is 3.56. The Labute approximate surface area is 160 Å². The summed E-state index contributed by atoms with van der Waals surface area (Å²) >= 11 is 0. The molecule has 6 heteroatoms. The largest absolute Gasteiger partial charge is 0.455 e. The number of aromatic nitrogens is 2. The van der Waals surface area contributed by atoms with Gasteiger partial charge in [-0.05, 0) is 49.9 Å². The zero-order valence-corrected chi connectivity index (χ0v) is 16.6. The smallest absolute Gasteiger partial charge is 0.289 e. The van der Waals surface area contributed by atoms with E-state index in [1.54, 1.807) is 0 Å². The molecule has 6 nitrogen and oxygen atoms in total. The number of carbonyl (C=O) groups is 1. The Morgan fingerprint density at radius 1 is 1.30 bits per heavy atom. The lowest BCUT2D eigenvalue weighted by Gasteiger charge is -2.29. The molecule has 4 heterocycles. The summed E-state index contributed by atoms with van der Waals surface area (Å²) in [7, 11) is 0. The average molecular weight is 370 g/mol. The molecule has 0 aliphatic carbocycles. The normalized spacial score (nSPS) is 18.9. The fourth-order valence-electron chi connectivity index (χ4n) is 4.14. The first-order valence-electron chi connectivity index (χ1n) is 10.2. The van der Waals surface area contributed by atoms with Crippen LogP contribution < -0.4 is 0 Å². The van der Waals surface area contributed by atoms with E-state index in [1.165, 1.54) is 24.1 Å². The Balaban J connectivity index is 1.41. The third-order valence-corrected chi connectivity index (χ3v) is 5.93. The van der Waals surface area contributed by atoms with Crippen molar-refractivity contribution in [3.8, 4) is 0 Å². The van der Waals surface area contributed by atoms with Crippen LogP contribution in [-0.2, 0) is 19.5 Å². The van der Waals surface area contributed by atoms with E-state index >= 15 is 0 Å².